The zero-order valence-electron chi connectivity index (χ0n) is 15.4. The molecule has 2 aromatic rings. The summed E-state index contributed by atoms with van der Waals surface area (Å²) in [4.78, 5) is 12.1. The Balaban J connectivity index is 2.01. The van der Waals surface area contributed by atoms with Crippen molar-refractivity contribution < 1.29 is 13.2 Å². The lowest BCUT2D eigenvalue weighted by Gasteiger charge is -2.23. The molecular weight excluding hydrogens is 407 g/mol. The number of anilines is 2. The summed E-state index contributed by atoms with van der Waals surface area (Å²) in [5.74, 6) is -0.234. The van der Waals surface area contributed by atoms with E-state index in [1.807, 2.05) is 26.0 Å². The van der Waals surface area contributed by atoms with Crippen LogP contribution in [-0.4, -0.2) is 27.1 Å². The number of carbonyl (C=O) groups is 1. The van der Waals surface area contributed by atoms with E-state index in [4.69, 9.17) is 23.2 Å². The van der Waals surface area contributed by atoms with E-state index >= 15 is 0 Å². The van der Waals surface area contributed by atoms with Gasteiger partial charge in [-0.3, -0.25) is 9.10 Å². The smallest absolute Gasteiger partial charge is 0.232 e. The predicted molar refractivity (Wildman–Crippen MR) is 112 cm³/mol. The number of benzene rings is 2. The van der Waals surface area contributed by atoms with Crippen LogP contribution in [0.25, 0.3) is 0 Å². The molecule has 0 aliphatic rings. The Morgan fingerprint density at radius 3 is 2.22 bits per heavy atom. The van der Waals surface area contributed by atoms with Crippen LogP contribution in [0.3, 0.4) is 0 Å². The van der Waals surface area contributed by atoms with Crippen LogP contribution in [0, 0.1) is 13.8 Å². The zero-order valence-corrected chi connectivity index (χ0v) is 17.7. The van der Waals surface area contributed by atoms with Gasteiger partial charge in [0.25, 0.3) is 0 Å². The zero-order chi connectivity index (χ0) is 20.2. The molecular formula is C19H22Cl2N2O3S. The molecule has 0 saturated heterocycles. The number of amides is 1. The minimum Gasteiger partial charge on any atom is -0.326 e. The van der Waals surface area contributed by atoms with Crippen molar-refractivity contribution in [1.82, 2.24) is 0 Å². The van der Waals surface area contributed by atoms with Crippen LogP contribution in [0.1, 0.15) is 24.0 Å². The highest BCUT2D eigenvalue weighted by atomic mass is 35.5. The molecule has 0 heterocycles. The second kappa shape index (κ2) is 8.95. The molecule has 0 fully saturated rings. The summed E-state index contributed by atoms with van der Waals surface area (Å²) in [5.41, 5.74) is 3.21. The fourth-order valence-corrected chi connectivity index (χ4v) is 4.08. The fourth-order valence-electron chi connectivity index (χ4n) is 2.60. The number of rotatable bonds is 7. The number of hydrogen-bond acceptors (Lipinski definition) is 3. The maximum absolute atomic E-state index is 12.2. The molecule has 0 aromatic heterocycles. The van der Waals surface area contributed by atoms with E-state index in [0.29, 0.717) is 27.8 Å². The van der Waals surface area contributed by atoms with E-state index in [9.17, 15) is 13.2 Å². The van der Waals surface area contributed by atoms with Crippen molar-refractivity contribution in [3.8, 4) is 0 Å². The molecule has 1 amide bonds. The molecule has 27 heavy (non-hydrogen) atoms. The minimum atomic E-state index is -3.45. The Morgan fingerprint density at radius 1 is 1.04 bits per heavy atom. The summed E-state index contributed by atoms with van der Waals surface area (Å²) in [5, 5.41) is 3.57. The quantitative estimate of drug-likeness (QED) is 0.688. The summed E-state index contributed by atoms with van der Waals surface area (Å²) in [6.07, 6.45) is 1.71. The first kappa shape index (κ1) is 21.5. The van der Waals surface area contributed by atoms with Gasteiger partial charge < -0.3 is 5.32 Å². The number of sulfonamides is 1. The van der Waals surface area contributed by atoms with Gasteiger partial charge in [0.1, 0.15) is 0 Å². The van der Waals surface area contributed by atoms with E-state index in [2.05, 4.69) is 5.32 Å². The molecule has 2 aromatic carbocycles. The largest absolute Gasteiger partial charge is 0.326 e. The third kappa shape index (κ3) is 6.41. The molecule has 146 valence electrons. The predicted octanol–water partition coefficient (Wildman–Crippen LogP) is 4.80. The van der Waals surface area contributed by atoms with Gasteiger partial charge in [0, 0.05) is 28.7 Å². The van der Waals surface area contributed by atoms with Gasteiger partial charge in [-0.1, -0.05) is 29.3 Å². The van der Waals surface area contributed by atoms with E-state index in [1.165, 1.54) is 4.31 Å². The number of carbonyl (C=O) groups excluding carboxylic acids is 1. The maximum atomic E-state index is 12.2. The van der Waals surface area contributed by atoms with Crippen LogP contribution in [0.5, 0.6) is 0 Å². The minimum absolute atomic E-state index is 0.168. The standard InChI is InChI=1S/C19H22Cl2N2O3S/c1-13-6-7-18(9-14(13)2)23(27(3,25)26)8-4-5-19(24)22-17-11-15(20)10-16(21)12-17/h6-7,9-12H,4-5,8H2,1-3H3,(H,22,24). The highest BCUT2D eigenvalue weighted by Gasteiger charge is 2.18. The molecule has 0 aliphatic heterocycles. The normalized spacial score (nSPS) is 11.3. The first-order valence-corrected chi connectivity index (χ1v) is 11.0. The van der Waals surface area contributed by atoms with Gasteiger partial charge in [-0.05, 0) is 61.7 Å². The summed E-state index contributed by atoms with van der Waals surface area (Å²) in [6.45, 7) is 4.12. The Labute approximate surface area is 170 Å². The Bertz CT molecular complexity index is 926. The maximum Gasteiger partial charge on any atom is 0.232 e. The highest BCUT2D eigenvalue weighted by Crippen LogP contribution is 2.23. The molecule has 0 atom stereocenters. The Kier molecular flexibility index (Phi) is 7.14. The van der Waals surface area contributed by atoms with Gasteiger partial charge in [0.15, 0.2) is 0 Å². The van der Waals surface area contributed by atoms with Crippen molar-refractivity contribution in [2.45, 2.75) is 26.7 Å². The van der Waals surface area contributed by atoms with E-state index in [0.717, 1.165) is 17.4 Å². The molecule has 2 rings (SSSR count). The average molecular weight is 429 g/mol. The lowest BCUT2D eigenvalue weighted by atomic mass is 10.1. The molecule has 5 nitrogen and oxygen atoms in total. The summed E-state index contributed by atoms with van der Waals surface area (Å²) < 4.78 is 25.7. The summed E-state index contributed by atoms with van der Waals surface area (Å²) in [7, 11) is -3.45. The second-order valence-corrected chi connectivity index (χ2v) is 9.19. The van der Waals surface area contributed by atoms with Crippen molar-refractivity contribution in [3.63, 3.8) is 0 Å². The number of hydrogen-bond donors (Lipinski definition) is 1. The van der Waals surface area contributed by atoms with Crippen molar-refractivity contribution in [2.24, 2.45) is 0 Å². The number of nitrogens with zero attached hydrogens (tertiary/aromatic N) is 1. The van der Waals surface area contributed by atoms with Gasteiger partial charge in [-0.15, -0.1) is 0 Å². The topological polar surface area (TPSA) is 66.5 Å². The molecule has 0 aliphatic carbocycles. The lowest BCUT2D eigenvalue weighted by molar-refractivity contribution is -0.116. The SMILES string of the molecule is Cc1ccc(N(CCCC(=O)Nc2cc(Cl)cc(Cl)c2)S(C)(=O)=O)cc1C. The monoisotopic (exact) mass is 428 g/mol. The van der Waals surface area contributed by atoms with Crippen molar-refractivity contribution in [3.05, 3.63) is 57.6 Å². The van der Waals surface area contributed by atoms with Crippen LogP contribution in [0.2, 0.25) is 10.0 Å². The van der Waals surface area contributed by atoms with Crippen LogP contribution in [-0.2, 0) is 14.8 Å². The number of halogens is 2. The first-order chi connectivity index (χ1) is 12.6. The van der Waals surface area contributed by atoms with Gasteiger partial charge in [-0.25, -0.2) is 8.42 Å². The van der Waals surface area contributed by atoms with Crippen LogP contribution >= 0.6 is 23.2 Å². The molecule has 0 unspecified atom stereocenters. The molecule has 0 radical (unpaired) electrons. The average Bonchev–Trinajstić information content (AvgIpc) is 2.52. The lowest BCUT2D eigenvalue weighted by Crippen LogP contribution is -2.31. The van der Waals surface area contributed by atoms with Crippen molar-refractivity contribution in [1.29, 1.82) is 0 Å². The van der Waals surface area contributed by atoms with Crippen molar-refractivity contribution >= 4 is 50.5 Å². The van der Waals surface area contributed by atoms with Gasteiger partial charge in [0.05, 0.1) is 11.9 Å². The van der Waals surface area contributed by atoms with Gasteiger partial charge in [0.2, 0.25) is 15.9 Å². The second-order valence-electron chi connectivity index (χ2n) is 6.41. The van der Waals surface area contributed by atoms with Crippen LogP contribution in [0.4, 0.5) is 11.4 Å². The Hall–Kier alpha value is -1.76. The number of aryl methyl sites for hydroxylation is 2. The summed E-state index contributed by atoms with van der Waals surface area (Å²) >= 11 is 11.8. The third-order valence-electron chi connectivity index (χ3n) is 4.09. The van der Waals surface area contributed by atoms with Crippen LogP contribution < -0.4 is 9.62 Å². The first-order valence-electron chi connectivity index (χ1n) is 8.37. The third-order valence-corrected chi connectivity index (χ3v) is 5.72. The molecule has 1 N–H and O–H groups in total. The highest BCUT2D eigenvalue weighted by molar-refractivity contribution is 7.92. The molecule has 8 heteroatoms. The Morgan fingerprint density at radius 2 is 1.67 bits per heavy atom. The van der Waals surface area contributed by atoms with E-state index in [-0.39, 0.29) is 18.9 Å². The molecule has 0 saturated carbocycles. The van der Waals surface area contributed by atoms with Crippen LogP contribution in [0.15, 0.2) is 36.4 Å². The summed E-state index contributed by atoms with van der Waals surface area (Å²) in [6, 6.07) is 10.3. The molecule has 0 spiro atoms. The number of nitrogens with one attached hydrogen (secondary N) is 1. The fraction of sp³-hybridized carbons (Fsp3) is 0.316. The van der Waals surface area contributed by atoms with Crippen molar-refractivity contribution in [2.75, 3.05) is 22.4 Å². The molecule has 0 bridgehead atoms. The van der Waals surface area contributed by atoms with Gasteiger partial charge >= 0.3 is 0 Å². The van der Waals surface area contributed by atoms with Gasteiger partial charge in [-0.2, -0.15) is 0 Å². The van der Waals surface area contributed by atoms with E-state index in [1.54, 1.807) is 24.3 Å². The van der Waals surface area contributed by atoms with E-state index < -0.39 is 10.0 Å².